The molecule has 1 heterocycles. The Bertz CT molecular complexity index is 1220. The summed E-state index contributed by atoms with van der Waals surface area (Å²) < 4.78 is 7.45. The molecule has 2 atom stereocenters. The first-order valence-electron chi connectivity index (χ1n) is 11.4. The molecule has 2 heteroatoms. The van der Waals surface area contributed by atoms with Crippen LogP contribution in [0.3, 0.4) is 0 Å². The van der Waals surface area contributed by atoms with E-state index in [1.165, 1.54) is 22.3 Å². The third-order valence-electron chi connectivity index (χ3n) is 7.23. The van der Waals surface area contributed by atoms with Crippen LogP contribution in [0.15, 0.2) is 109 Å². The second-order valence-electron chi connectivity index (χ2n) is 9.17. The lowest BCUT2D eigenvalue weighted by atomic mass is 9.68. The molecule has 0 radical (unpaired) electrons. The van der Waals surface area contributed by atoms with Crippen LogP contribution in [-0.4, -0.2) is 0 Å². The zero-order valence-corrected chi connectivity index (χ0v) is 18.5. The molecular formula is C30H27NO. The zero-order valence-electron chi connectivity index (χ0n) is 18.5. The number of hydrogen-bond acceptors (Lipinski definition) is 2. The SMILES string of the molecule is CC(C)[C@]12OC(c3ccccc3)(c3ccccc3)NC1c1ccccc1-c1ccccc12. The Morgan fingerprint density at radius 2 is 1.19 bits per heavy atom. The van der Waals surface area contributed by atoms with E-state index < -0.39 is 11.3 Å². The highest BCUT2D eigenvalue weighted by atomic mass is 16.6. The van der Waals surface area contributed by atoms with Crippen molar-refractivity contribution in [2.75, 3.05) is 0 Å². The number of ether oxygens (including phenoxy) is 1. The lowest BCUT2D eigenvalue weighted by Crippen LogP contribution is -2.42. The second-order valence-corrected chi connectivity index (χ2v) is 9.17. The molecule has 158 valence electrons. The van der Waals surface area contributed by atoms with Crippen LogP contribution in [0.1, 0.15) is 42.1 Å². The van der Waals surface area contributed by atoms with E-state index in [4.69, 9.17) is 4.74 Å². The second kappa shape index (κ2) is 7.16. The van der Waals surface area contributed by atoms with Crippen molar-refractivity contribution in [3.63, 3.8) is 0 Å². The van der Waals surface area contributed by atoms with E-state index in [2.05, 4.69) is 128 Å². The molecule has 32 heavy (non-hydrogen) atoms. The zero-order chi connectivity index (χ0) is 21.8. The predicted molar refractivity (Wildman–Crippen MR) is 129 cm³/mol. The molecule has 1 saturated heterocycles. The van der Waals surface area contributed by atoms with Gasteiger partial charge >= 0.3 is 0 Å². The summed E-state index contributed by atoms with van der Waals surface area (Å²) >= 11 is 0. The Labute approximate surface area is 189 Å². The van der Waals surface area contributed by atoms with Gasteiger partial charge < -0.3 is 4.74 Å². The smallest absolute Gasteiger partial charge is 0.173 e. The average molecular weight is 418 g/mol. The van der Waals surface area contributed by atoms with Gasteiger partial charge in [-0.3, -0.25) is 5.32 Å². The van der Waals surface area contributed by atoms with E-state index in [1.807, 2.05) is 0 Å². The van der Waals surface area contributed by atoms with Crippen molar-refractivity contribution in [1.82, 2.24) is 5.32 Å². The van der Waals surface area contributed by atoms with Gasteiger partial charge in [0.05, 0.1) is 6.04 Å². The maximum absolute atomic E-state index is 7.45. The summed E-state index contributed by atoms with van der Waals surface area (Å²) in [6.45, 7) is 4.57. The van der Waals surface area contributed by atoms with Gasteiger partial charge in [-0.1, -0.05) is 123 Å². The summed E-state index contributed by atoms with van der Waals surface area (Å²) in [5.74, 6) is 0.254. The Morgan fingerprint density at radius 3 is 1.81 bits per heavy atom. The highest BCUT2D eigenvalue weighted by Crippen LogP contribution is 2.61. The summed E-state index contributed by atoms with van der Waals surface area (Å²) in [6.07, 6.45) is 0. The fourth-order valence-corrected chi connectivity index (χ4v) is 5.78. The average Bonchev–Trinajstić information content (AvgIpc) is 3.25. The van der Waals surface area contributed by atoms with Gasteiger partial charge in [0.15, 0.2) is 5.72 Å². The molecule has 6 rings (SSSR count). The van der Waals surface area contributed by atoms with Crippen molar-refractivity contribution < 1.29 is 4.74 Å². The minimum absolute atomic E-state index is 0.0222. The molecule has 2 aliphatic rings. The van der Waals surface area contributed by atoms with Crippen LogP contribution >= 0.6 is 0 Å². The minimum atomic E-state index is -0.748. The minimum Gasteiger partial charge on any atom is -0.339 e. The number of hydrogen-bond donors (Lipinski definition) is 1. The first-order valence-corrected chi connectivity index (χ1v) is 11.4. The lowest BCUT2D eigenvalue weighted by Gasteiger charge is -2.44. The van der Waals surface area contributed by atoms with Crippen molar-refractivity contribution in [2.24, 2.45) is 5.92 Å². The van der Waals surface area contributed by atoms with Crippen molar-refractivity contribution >= 4 is 0 Å². The molecular weight excluding hydrogens is 390 g/mol. The molecule has 0 spiro atoms. The van der Waals surface area contributed by atoms with Crippen molar-refractivity contribution in [3.05, 3.63) is 131 Å². The highest BCUT2D eigenvalue weighted by Gasteiger charge is 2.62. The number of nitrogens with one attached hydrogen (secondary N) is 1. The van der Waals surface area contributed by atoms with E-state index in [1.54, 1.807) is 0 Å². The van der Waals surface area contributed by atoms with Crippen molar-refractivity contribution in [1.29, 1.82) is 0 Å². The lowest BCUT2D eigenvalue weighted by molar-refractivity contribution is -0.126. The Hall–Kier alpha value is -3.20. The number of benzene rings is 4. The topological polar surface area (TPSA) is 21.3 Å². The fourth-order valence-electron chi connectivity index (χ4n) is 5.78. The number of rotatable bonds is 3. The van der Waals surface area contributed by atoms with Crippen LogP contribution in [0, 0.1) is 5.92 Å². The van der Waals surface area contributed by atoms with E-state index in [0.717, 1.165) is 11.1 Å². The number of fused-ring (bicyclic) bond motifs is 6. The first kappa shape index (κ1) is 19.5. The Kier molecular flexibility index (Phi) is 4.36. The molecule has 1 aliphatic carbocycles. The summed E-state index contributed by atoms with van der Waals surface area (Å²) in [5.41, 5.74) is 6.11. The van der Waals surface area contributed by atoms with Gasteiger partial charge in [0, 0.05) is 11.1 Å². The normalized spacial score (nSPS) is 22.8. The van der Waals surface area contributed by atoms with Crippen LogP contribution in [0.2, 0.25) is 0 Å². The van der Waals surface area contributed by atoms with Gasteiger partial charge in [-0.15, -0.1) is 0 Å². The van der Waals surface area contributed by atoms with Crippen molar-refractivity contribution in [2.45, 2.75) is 31.2 Å². The van der Waals surface area contributed by atoms with E-state index in [9.17, 15) is 0 Å². The van der Waals surface area contributed by atoms with Crippen molar-refractivity contribution in [3.8, 4) is 11.1 Å². The summed E-state index contributed by atoms with van der Waals surface area (Å²) in [7, 11) is 0. The monoisotopic (exact) mass is 417 g/mol. The van der Waals surface area contributed by atoms with Gasteiger partial charge in [-0.2, -0.15) is 0 Å². The van der Waals surface area contributed by atoms with Crippen LogP contribution < -0.4 is 5.32 Å². The molecule has 0 aromatic heterocycles. The van der Waals surface area contributed by atoms with Crippen LogP contribution in [0.4, 0.5) is 0 Å². The fraction of sp³-hybridized carbons (Fsp3) is 0.200. The first-order chi connectivity index (χ1) is 15.7. The predicted octanol–water partition coefficient (Wildman–Crippen LogP) is 6.78. The molecule has 0 saturated carbocycles. The van der Waals surface area contributed by atoms with Crippen LogP contribution in [0.5, 0.6) is 0 Å². The summed E-state index contributed by atoms with van der Waals surface area (Å²) in [6, 6.07) is 38.8. The summed E-state index contributed by atoms with van der Waals surface area (Å²) in [4.78, 5) is 0. The Balaban J connectivity index is 1.68. The highest BCUT2D eigenvalue weighted by molar-refractivity contribution is 5.76. The van der Waals surface area contributed by atoms with Crippen LogP contribution in [0.25, 0.3) is 11.1 Å². The maximum Gasteiger partial charge on any atom is 0.173 e. The van der Waals surface area contributed by atoms with Crippen LogP contribution in [-0.2, 0) is 16.1 Å². The van der Waals surface area contributed by atoms with E-state index in [-0.39, 0.29) is 12.0 Å². The molecule has 1 N–H and O–H groups in total. The molecule has 1 unspecified atom stereocenters. The molecule has 4 aromatic rings. The molecule has 1 fully saturated rings. The van der Waals surface area contributed by atoms with Gasteiger partial charge in [0.2, 0.25) is 0 Å². The molecule has 1 aliphatic heterocycles. The van der Waals surface area contributed by atoms with Gasteiger partial charge in [-0.25, -0.2) is 0 Å². The quantitative estimate of drug-likeness (QED) is 0.397. The van der Waals surface area contributed by atoms with Gasteiger partial charge in [0.1, 0.15) is 5.60 Å². The molecule has 0 amide bonds. The van der Waals surface area contributed by atoms with E-state index in [0.29, 0.717) is 0 Å². The van der Waals surface area contributed by atoms with E-state index >= 15 is 0 Å². The summed E-state index contributed by atoms with van der Waals surface area (Å²) in [5, 5.41) is 4.04. The standard InChI is InChI=1S/C30H27NO/c1-21(2)29-27-20-12-11-18-25(27)24-17-9-10-19-26(24)28(29)31-30(32-29,22-13-5-3-6-14-22)23-15-7-4-8-16-23/h3-21,28,31H,1-2H3/t28?,29-/m1/s1. The third-order valence-corrected chi connectivity index (χ3v) is 7.23. The maximum atomic E-state index is 7.45. The Morgan fingerprint density at radius 1 is 0.656 bits per heavy atom. The van der Waals surface area contributed by atoms with Gasteiger partial charge in [0.25, 0.3) is 0 Å². The molecule has 4 aromatic carbocycles. The molecule has 0 bridgehead atoms. The third kappa shape index (κ3) is 2.54. The van der Waals surface area contributed by atoms with Gasteiger partial charge in [-0.05, 0) is 28.2 Å². The molecule has 2 nitrogen and oxygen atoms in total. The largest absolute Gasteiger partial charge is 0.339 e.